The lowest BCUT2D eigenvalue weighted by atomic mass is 10.1. The van der Waals surface area contributed by atoms with Gasteiger partial charge in [0.15, 0.2) is 0 Å². The van der Waals surface area contributed by atoms with Gasteiger partial charge in [-0.1, -0.05) is 6.07 Å². The molecular formula is C12H18ClF2N3O. The van der Waals surface area contributed by atoms with Crippen molar-refractivity contribution in [3.05, 3.63) is 29.8 Å². The van der Waals surface area contributed by atoms with Gasteiger partial charge in [0.25, 0.3) is 11.8 Å². The van der Waals surface area contributed by atoms with E-state index in [1.165, 1.54) is 0 Å². The third-order valence-corrected chi connectivity index (χ3v) is 2.43. The second kappa shape index (κ2) is 7.25. The lowest BCUT2D eigenvalue weighted by Gasteiger charge is -2.16. The van der Waals surface area contributed by atoms with Crippen molar-refractivity contribution in [1.82, 2.24) is 5.32 Å². The summed E-state index contributed by atoms with van der Waals surface area (Å²) in [6.45, 7) is -1.54. The number of amides is 1. The van der Waals surface area contributed by atoms with E-state index >= 15 is 0 Å². The third kappa shape index (κ3) is 5.40. The van der Waals surface area contributed by atoms with Crippen LogP contribution in [0.2, 0.25) is 0 Å². The van der Waals surface area contributed by atoms with Crippen molar-refractivity contribution < 1.29 is 13.6 Å². The van der Waals surface area contributed by atoms with Gasteiger partial charge in [-0.05, 0) is 18.2 Å². The number of hydrogen-bond acceptors (Lipinski definition) is 3. The van der Waals surface area contributed by atoms with Gasteiger partial charge in [-0.25, -0.2) is 8.78 Å². The number of carbonyl (C=O) groups excluding carboxylic acids is 1. The zero-order chi connectivity index (χ0) is 13.8. The van der Waals surface area contributed by atoms with Crippen LogP contribution < -0.4 is 16.0 Å². The maximum Gasteiger partial charge on any atom is 0.277 e. The fourth-order valence-corrected chi connectivity index (χ4v) is 1.31. The highest BCUT2D eigenvalue weighted by molar-refractivity contribution is 5.95. The van der Waals surface area contributed by atoms with E-state index in [1.54, 1.807) is 18.2 Å². The largest absolute Gasteiger partial charge is 0.378 e. The molecule has 108 valence electrons. The van der Waals surface area contributed by atoms with Crippen LogP contribution >= 0.6 is 12.4 Å². The quantitative estimate of drug-likeness (QED) is 0.865. The zero-order valence-electron chi connectivity index (χ0n) is 10.8. The van der Waals surface area contributed by atoms with Gasteiger partial charge in [0, 0.05) is 25.3 Å². The van der Waals surface area contributed by atoms with Crippen molar-refractivity contribution in [3.8, 4) is 0 Å². The highest BCUT2D eigenvalue weighted by Crippen LogP contribution is 2.14. The molecular weight excluding hydrogens is 276 g/mol. The fraction of sp³-hybridized carbons (Fsp3) is 0.417. The Hall–Kier alpha value is -1.40. The van der Waals surface area contributed by atoms with Crippen LogP contribution in [0.1, 0.15) is 10.4 Å². The molecule has 0 atom stereocenters. The van der Waals surface area contributed by atoms with Gasteiger partial charge in [0.05, 0.1) is 13.1 Å². The minimum atomic E-state index is -3.07. The van der Waals surface area contributed by atoms with Crippen LogP contribution in [0.15, 0.2) is 24.3 Å². The Labute approximate surface area is 117 Å². The number of rotatable bonds is 5. The van der Waals surface area contributed by atoms with E-state index in [0.29, 0.717) is 5.56 Å². The highest BCUT2D eigenvalue weighted by Gasteiger charge is 2.27. The number of alkyl halides is 2. The molecule has 19 heavy (non-hydrogen) atoms. The number of nitrogens with zero attached hydrogens (tertiary/aromatic N) is 1. The summed E-state index contributed by atoms with van der Waals surface area (Å²) in [6, 6.07) is 6.73. The van der Waals surface area contributed by atoms with Crippen molar-refractivity contribution in [2.45, 2.75) is 5.92 Å². The molecule has 0 saturated carbocycles. The van der Waals surface area contributed by atoms with Crippen molar-refractivity contribution >= 4 is 24.0 Å². The SMILES string of the molecule is CN(C)c1cccc(C(=O)NCC(F)(F)CN)c1.Cl. The minimum Gasteiger partial charge on any atom is -0.378 e. The number of anilines is 1. The van der Waals surface area contributed by atoms with E-state index in [9.17, 15) is 13.6 Å². The third-order valence-electron chi connectivity index (χ3n) is 2.43. The van der Waals surface area contributed by atoms with Gasteiger partial charge in [0.1, 0.15) is 0 Å². The van der Waals surface area contributed by atoms with Crippen LogP contribution in [0.25, 0.3) is 0 Å². The number of nitrogens with two attached hydrogens (primary N) is 1. The summed E-state index contributed by atoms with van der Waals surface area (Å²) in [5, 5.41) is 2.17. The first-order valence-corrected chi connectivity index (χ1v) is 5.49. The molecule has 0 fully saturated rings. The maximum atomic E-state index is 12.9. The van der Waals surface area contributed by atoms with Crippen molar-refractivity contribution in [2.75, 3.05) is 32.1 Å². The molecule has 4 nitrogen and oxygen atoms in total. The number of nitrogens with one attached hydrogen (secondary N) is 1. The maximum absolute atomic E-state index is 12.9. The van der Waals surface area contributed by atoms with E-state index in [4.69, 9.17) is 5.73 Å². The van der Waals surface area contributed by atoms with Crippen LogP contribution in [-0.4, -0.2) is 39.0 Å². The molecule has 0 radical (unpaired) electrons. The van der Waals surface area contributed by atoms with Gasteiger partial charge in [-0.3, -0.25) is 4.79 Å². The molecule has 0 aliphatic carbocycles. The first-order chi connectivity index (χ1) is 8.35. The second-order valence-corrected chi connectivity index (χ2v) is 4.19. The Morgan fingerprint density at radius 1 is 1.42 bits per heavy atom. The van der Waals surface area contributed by atoms with Crippen molar-refractivity contribution in [1.29, 1.82) is 0 Å². The Morgan fingerprint density at radius 2 is 2.05 bits per heavy atom. The molecule has 0 saturated heterocycles. The average Bonchev–Trinajstić information content (AvgIpc) is 2.36. The number of carbonyl (C=O) groups is 1. The molecule has 0 bridgehead atoms. The van der Waals surface area contributed by atoms with E-state index in [-0.39, 0.29) is 12.4 Å². The van der Waals surface area contributed by atoms with Crippen molar-refractivity contribution in [3.63, 3.8) is 0 Å². The van der Waals surface area contributed by atoms with Crippen LogP contribution in [0.4, 0.5) is 14.5 Å². The normalized spacial score (nSPS) is 10.6. The van der Waals surface area contributed by atoms with E-state index < -0.39 is 24.9 Å². The number of halogens is 3. The van der Waals surface area contributed by atoms with Gasteiger partial charge in [-0.2, -0.15) is 0 Å². The van der Waals surface area contributed by atoms with E-state index in [1.807, 2.05) is 25.1 Å². The number of hydrogen-bond donors (Lipinski definition) is 2. The first-order valence-electron chi connectivity index (χ1n) is 5.49. The summed E-state index contributed by atoms with van der Waals surface area (Å²) < 4.78 is 25.8. The van der Waals surface area contributed by atoms with Gasteiger partial charge in [-0.15, -0.1) is 12.4 Å². The number of benzene rings is 1. The van der Waals surface area contributed by atoms with Crippen LogP contribution in [0.3, 0.4) is 0 Å². The van der Waals surface area contributed by atoms with Gasteiger partial charge < -0.3 is 16.0 Å². The zero-order valence-corrected chi connectivity index (χ0v) is 11.6. The molecule has 1 amide bonds. The minimum absolute atomic E-state index is 0. The summed E-state index contributed by atoms with van der Waals surface area (Å²) in [7, 11) is 3.67. The predicted octanol–water partition coefficient (Wildman–Crippen LogP) is 1.50. The molecule has 1 rings (SSSR count). The van der Waals surface area contributed by atoms with Gasteiger partial charge in [0.2, 0.25) is 0 Å². The van der Waals surface area contributed by atoms with E-state index in [2.05, 4.69) is 5.32 Å². The average molecular weight is 294 g/mol. The summed E-state index contributed by atoms with van der Waals surface area (Å²) in [4.78, 5) is 13.5. The molecule has 7 heteroatoms. The molecule has 0 aliphatic rings. The molecule has 0 aliphatic heterocycles. The topological polar surface area (TPSA) is 58.4 Å². The fourth-order valence-electron chi connectivity index (χ4n) is 1.31. The molecule has 0 heterocycles. The Balaban J connectivity index is 0.00000324. The monoisotopic (exact) mass is 293 g/mol. The Kier molecular flexibility index (Phi) is 6.72. The first kappa shape index (κ1) is 17.6. The predicted molar refractivity (Wildman–Crippen MR) is 74.4 cm³/mol. The molecule has 0 unspecified atom stereocenters. The van der Waals surface area contributed by atoms with Crippen LogP contribution in [0.5, 0.6) is 0 Å². The van der Waals surface area contributed by atoms with Gasteiger partial charge >= 0.3 is 0 Å². The van der Waals surface area contributed by atoms with E-state index in [0.717, 1.165) is 5.69 Å². The highest BCUT2D eigenvalue weighted by atomic mass is 35.5. The lowest BCUT2D eigenvalue weighted by molar-refractivity contribution is 0.0118. The van der Waals surface area contributed by atoms with Crippen molar-refractivity contribution in [2.24, 2.45) is 5.73 Å². The Morgan fingerprint density at radius 3 is 2.58 bits per heavy atom. The molecule has 1 aromatic carbocycles. The van der Waals surface area contributed by atoms with Crippen LogP contribution in [-0.2, 0) is 0 Å². The summed E-state index contributed by atoms with van der Waals surface area (Å²) in [6.07, 6.45) is 0. The summed E-state index contributed by atoms with van der Waals surface area (Å²) in [5.74, 6) is -3.61. The molecule has 0 aromatic heterocycles. The standard InChI is InChI=1S/C12H17F2N3O.ClH/c1-17(2)10-5-3-4-9(6-10)11(18)16-8-12(13,14)7-15;/h3-6H,7-8,15H2,1-2H3,(H,16,18);1H. The second-order valence-electron chi connectivity index (χ2n) is 4.19. The Bertz CT molecular complexity index is 427. The molecule has 1 aromatic rings. The van der Waals surface area contributed by atoms with Crippen LogP contribution in [0, 0.1) is 0 Å². The summed E-state index contributed by atoms with van der Waals surface area (Å²) in [5.41, 5.74) is 6.06. The summed E-state index contributed by atoms with van der Waals surface area (Å²) >= 11 is 0. The molecule has 3 N–H and O–H groups in total. The lowest BCUT2D eigenvalue weighted by Crippen LogP contribution is -2.41. The smallest absolute Gasteiger partial charge is 0.277 e. The molecule has 0 spiro atoms.